The van der Waals surface area contributed by atoms with Crippen LogP contribution in [0.15, 0.2) is 0 Å². The minimum absolute atomic E-state index is 0.176. The molecule has 0 aliphatic carbocycles. The minimum Gasteiger partial charge on any atom is -0.464 e. The lowest BCUT2D eigenvalue weighted by molar-refractivity contribution is -0.143. The normalized spacial score (nSPS) is 23.0. The third kappa shape index (κ3) is 4.34. The van der Waals surface area contributed by atoms with Gasteiger partial charge in [-0.3, -0.25) is 0 Å². The molecule has 15 heavy (non-hydrogen) atoms. The van der Waals surface area contributed by atoms with Crippen molar-refractivity contribution < 1.29 is 14.0 Å². The van der Waals surface area contributed by atoms with E-state index in [0.717, 1.165) is 12.5 Å². The van der Waals surface area contributed by atoms with Crippen LogP contribution in [0.3, 0.4) is 0 Å². The Kier molecular flexibility index (Phi) is 3.61. The Bertz CT molecular complexity index is 243. The van der Waals surface area contributed by atoms with Gasteiger partial charge in [-0.2, -0.15) is 0 Å². The number of ether oxygens (including phenoxy) is 1. The van der Waals surface area contributed by atoms with Crippen LogP contribution in [0.4, 0.5) is 0 Å². The summed E-state index contributed by atoms with van der Waals surface area (Å²) in [6, 6.07) is 1.06. The zero-order valence-electron chi connectivity index (χ0n) is 10.4. The maximum Gasteiger partial charge on any atom is 0.334 e. The number of carbonyl (C=O) groups excluding carboxylic acids is 1. The average Bonchev–Trinajstić information content (AvgIpc) is 2.29. The van der Waals surface area contributed by atoms with Gasteiger partial charge in [0.1, 0.15) is 6.10 Å². The molecule has 0 bridgehead atoms. The average molecular weight is 230 g/mol. The number of rotatable bonds is 3. The fourth-order valence-electron chi connectivity index (χ4n) is 2.29. The van der Waals surface area contributed by atoms with E-state index in [1.54, 1.807) is 0 Å². The van der Waals surface area contributed by atoms with Crippen molar-refractivity contribution in [3.05, 3.63) is 0 Å². The summed E-state index contributed by atoms with van der Waals surface area (Å²) in [6.45, 7) is 11.5. The molecule has 1 atom stereocenters. The summed E-state index contributed by atoms with van der Waals surface area (Å²) in [5, 5.41) is 0. The zero-order chi connectivity index (χ0) is 11.7. The predicted molar refractivity (Wildman–Crippen MR) is 62.2 cm³/mol. The van der Waals surface area contributed by atoms with E-state index in [2.05, 4.69) is 33.9 Å². The first-order valence-corrected chi connectivity index (χ1v) is 8.66. The molecule has 0 N–H and O–H groups in total. The number of esters is 1. The highest BCUT2D eigenvalue weighted by atomic mass is 28.4. The Morgan fingerprint density at radius 1 is 1.47 bits per heavy atom. The molecule has 0 saturated carbocycles. The molecule has 0 aromatic heterocycles. The van der Waals surface area contributed by atoms with Crippen LogP contribution in [0, 0.1) is 5.41 Å². The summed E-state index contributed by atoms with van der Waals surface area (Å²) in [7, 11) is -1.75. The first kappa shape index (κ1) is 12.7. The van der Waals surface area contributed by atoms with E-state index in [-0.39, 0.29) is 17.5 Å². The summed E-state index contributed by atoms with van der Waals surface area (Å²) < 4.78 is 10.9. The Balaban J connectivity index is 2.52. The van der Waals surface area contributed by atoms with Crippen molar-refractivity contribution >= 4 is 14.3 Å². The zero-order valence-corrected chi connectivity index (χ0v) is 11.4. The minimum atomic E-state index is -1.75. The van der Waals surface area contributed by atoms with Gasteiger partial charge in [-0.25, -0.2) is 4.79 Å². The molecule has 0 aromatic rings. The first-order chi connectivity index (χ1) is 6.70. The molecule has 1 aliphatic rings. The van der Waals surface area contributed by atoms with Gasteiger partial charge in [-0.05, 0) is 24.6 Å². The number of hydrogen-bond donors (Lipinski definition) is 0. The van der Waals surface area contributed by atoms with Crippen LogP contribution in [0.2, 0.25) is 19.1 Å². The Morgan fingerprint density at radius 2 is 2.07 bits per heavy atom. The summed E-state index contributed by atoms with van der Waals surface area (Å²) in [5.74, 6) is -0.176. The lowest BCUT2D eigenvalue weighted by Gasteiger charge is -2.31. The van der Waals surface area contributed by atoms with Crippen LogP contribution in [0.1, 0.15) is 27.2 Å². The third-order valence-corrected chi connectivity index (χ3v) is 5.14. The fourth-order valence-corrected chi connectivity index (χ4v) is 5.91. The highest BCUT2D eigenvalue weighted by molar-refractivity contribution is 6.71. The van der Waals surface area contributed by atoms with Gasteiger partial charge in [0.05, 0.1) is 6.61 Å². The standard InChI is InChI=1S/C11H22O3Si/c1-11(2,3)8-15(4,5)14-9-6-7-13-10(9)12/h9H,6-8H2,1-5H3/t9-/m0/s1. The van der Waals surface area contributed by atoms with Gasteiger partial charge >= 0.3 is 5.97 Å². The van der Waals surface area contributed by atoms with E-state index in [1.165, 1.54) is 0 Å². The van der Waals surface area contributed by atoms with E-state index in [4.69, 9.17) is 9.16 Å². The van der Waals surface area contributed by atoms with Gasteiger partial charge < -0.3 is 9.16 Å². The van der Waals surface area contributed by atoms with Crippen LogP contribution in [0.25, 0.3) is 0 Å². The lowest BCUT2D eigenvalue weighted by atomic mass is 10.0. The largest absolute Gasteiger partial charge is 0.464 e. The molecule has 1 rings (SSSR count). The van der Waals surface area contributed by atoms with Crippen molar-refractivity contribution in [3.63, 3.8) is 0 Å². The van der Waals surface area contributed by atoms with Crippen molar-refractivity contribution in [2.75, 3.05) is 6.61 Å². The van der Waals surface area contributed by atoms with Crippen LogP contribution < -0.4 is 0 Å². The second-order valence-corrected chi connectivity index (χ2v) is 10.2. The predicted octanol–water partition coefficient (Wildman–Crippen LogP) is 2.57. The SMILES string of the molecule is CC(C)(C)C[Si](C)(C)O[C@H]1CCOC1=O. The fraction of sp³-hybridized carbons (Fsp3) is 0.909. The van der Waals surface area contributed by atoms with Gasteiger partial charge in [-0.1, -0.05) is 20.8 Å². The van der Waals surface area contributed by atoms with Crippen LogP contribution in [0.5, 0.6) is 0 Å². The van der Waals surface area contributed by atoms with Gasteiger partial charge in [-0.15, -0.1) is 0 Å². The highest BCUT2D eigenvalue weighted by Gasteiger charge is 2.36. The van der Waals surface area contributed by atoms with E-state index in [9.17, 15) is 4.79 Å². The van der Waals surface area contributed by atoms with Crippen molar-refractivity contribution in [2.45, 2.75) is 52.4 Å². The second-order valence-electron chi connectivity index (χ2n) is 6.06. The van der Waals surface area contributed by atoms with E-state index in [1.807, 2.05) is 0 Å². The van der Waals surface area contributed by atoms with Gasteiger partial charge in [0.2, 0.25) is 0 Å². The lowest BCUT2D eigenvalue weighted by Crippen LogP contribution is -2.40. The smallest absolute Gasteiger partial charge is 0.334 e. The summed E-state index contributed by atoms with van der Waals surface area (Å²) in [5.41, 5.74) is 0.262. The van der Waals surface area contributed by atoms with E-state index < -0.39 is 8.32 Å². The van der Waals surface area contributed by atoms with E-state index in [0.29, 0.717) is 6.61 Å². The number of carbonyl (C=O) groups is 1. The Hall–Kier alpha value is -0.353. The Labute approximate surface area is 93.3 Å². The monoisotopic (exact) mass is 230 g/mol. The number of cyclic esters (lactones) is 1. The molecule has 1 saturated heterocycles. The topological polar surface area (TPSA) is 35.5 Å². The van der Waals surface area contributed by atoms with Crippen molar-refractivity contribution in [3.8, 4) is 0 Å². The van der Waals surface area contributed by atoms with Crippen LogP contribution >= 0.6 is 0 Å². The van der Waals surface area contributed by atoms with Crippen molar-refractivity contribution in [2.24, 2.45) is 5.41 Å². The molecule has 1 fully saturated rings. The molecule has 0 unspecified atom stereocenters. The molecule has 3 nitrogen and oxygen atoms in total. The first-order valence-electron chi connectivity index (χ1n) is 5.54. The van der Waals surface area contributed by atoms with Gasteiger partial charge in [0.15, 0.2) is 8.32 Å². The van der Waals surface area contributed by atoms with Gasteiger partial charge in [0, 0.05) is 6.42 Å². The van der Waals surface area contributed by atoms with Crippen molar-refractivity contribution in [1.82, 2.24) is 0 Å². The Morgan fingerprint density at radius 3 is 2.47 bits per heavy atom. The molecule has 1 heterocycles. The molecule has 0 aromatic carbocycles. The van der Waals surface area contributed by atoms with Gasteiger partial charge in [0.25, 0.3) is 0 Å². The van der Waals surface area contributed by atoms with Crippen LogP contribution in [-0.4, -0.2) is 27.0 Å². The van der Waals surface area contributed by atoms with Crippen molar-refractivity contribution in [1.29, 1.82) is 0 Å². The summed E-state index contributed by atoms with van der Waals surface area (Å²) in [6.07, 6.45) is 0.424. The molecule has 0 radical (unpaired) electrons. The third-order valence-electron chi connectivity index (χ3n) is 2.30. The molecular weight excluding hydrogens is 208 g/mol. The summed E-state index contributed by atoms with van der Waals surface area (Å²) >= 11 is 0. The maximum atomic E-state index is 11.3. The molecule has 1 aliphatic heterocycles. The molecule has 88 valence electrons. The van der Waals surface area contributed by atoms with Crippen LogP contribution in [-0.2, 0) is 14.0 Å². The molecule has 0 spiro atoms. The highest BCUT2D eigenvalue weighted by Crippen LogP contribution is 2.30. The second kappa shape index (κ2) is 4.26. The summed E-state index contributed by atoms with van der Waals surface area (Å²) in [4.78, 5) is 11.3. The molecule has 4 heteroatoms. The quantitative estimate of drug-likeness (QED) is 0.552. The maximum absolute atomic E-state index is 11.3. The number of hydrogen-bond acceptors (Lipinski definition) is 3. The molecule has 0 amide bonds. The molecular formula is C11H22O3Si. The van der Waals surface area contributed by atoms with E-state index >= 15 is 0 Å².